The van der Waals surface area contributed by atoms with Gasteiger partial charge in [-0.1, -0.05) is 6.07 Å². The van der Waals surface area contributed by atoms with Crippen LogP contribution in [0.4, 0.5) is 0 Å². The molecule has 2 aliphatic heterocycles. The highest BCUT2D eigenvalue weighted by Gasteiger charge is 2.23. The summed E-state index contributed by atoms with van der Waals surface area (Å²) in [4.78, 5) is 0. The summed E-state index contributed by atoms with van der Waals surface area (Å²) in [6, 6.07) is 7.14. The molecule has 2 heterocycles. The molecule has 0 aliphatic carbocycles. The second-order valence-corrected chi connectivity index (χ2v) is 6.13. The van der Waals surface area contributed by atoms with Crippen molar-refractivity contribution in [2.75, 3.05) is 13.4 Å². The number of nitrogens with one attached hydrogen (secondary N) is 1. The van der Waals surface area contributed by atoms with Crippen LogP contribution >= 0.6 is 0 Å². The number of hydrogen-bond acceptors (Lipinski definition) is 4. The van der Waals surface area contributed by atoms with E-state index in [4.69, 9.17) is 14.2 Å². The molecule has 3 rings (SSSR count). The van der Waals surface area contributed by atoms with Gasteiger partial charge in [0.25, 0.3) is 0 Å². The van der Waals surface area contributed by atoms with Gasteiger partial charge in [-0.05, 0) is 57.2 Å². The molecule has 116 valence electrons. The normalized spacial score (nSPS) is 23.2. The largest absolute Gasteiger partial charge is 0.454 e. The Morgan fingerprint density at radius 2 is 2.10 bits per heavy atom. The molecule has 4 nitrogen and oxygen atoms in total. The average molecular weight is 291 g/mol. The maximum atomic E-state index is 5.74. The van der Waals surface area contributed by atoms with Gasteiger partial charge in [-0.25, -0.2) is 0 Å². The number of ether oxygens (including phenoxy) is 3. The van der Waals surface area contributed by atoms with Crippen LogP contribution < -0.4 is 14.8 Å². The van der Waals surface area contributed by atoms with Crippen LogP contribution in [0.1, 0.15) is 38.7 Å². The Labute approximate surface area is 126 Å². The molecule has 3 unspecified atom stereocenters. The first-order valence-corrected chi connectivity index (χ1v) is 7.98. The van der Waals surface area contributed by atoms with E-state index >= 15 is 0 Å². The monoisotopic (exact) mass is 291 g/mol. The molecule has 3 atom stereocenters. The molecule has 1 N–H and O–H groups in total. The van der Waals surface area contributed by atoms with Crippen molar-refractivity contribution in [2.45, 2.75) is 57.7 Å². The van der Waals surface area contributed by atoms with Crippen LogP contribution in [0.5, 0.6) is 11.5 Å². The van der Waals surface area contributed by atoms with E-state index in [9.17, 15) is 0 Å². The number of hydrogen-bond donors (Lipinski definition) is 1. The van der Waals surface area contributed by atoms with Gasteiger partial charge in [0, 0.05) is 18.7 Å². The van der Waals surface area contributed by atoms with E-state index in [1.807, 2.05) is 6.07 Å². The lowest BCUT2D eigenvalue weighted by molar-refractivity contribution is 0.0800. The van der Waals surface area contributed by atoms with E-state index in [-0.39, 0.29) is 0 Å². The quantitative estimate of drug-likeness (QED) is 0.875. The zero-order valence-corrected chi connectivity index (χ0v) is 12.9. The van der Waals surface area contributed by atoms with Gasteiger partial charge in [-0.15, -0.1) is 0 Å². The van der Waals surface area contributed by atoms with Crippen molar-refractivity contribution < 1.29 is 14.2 Å². The standard InChI is InChI=1S/C17H25NO3/c1-12(18-13(2)15-4-3-9-19-15)5-6-14-7-8-16-17(10-14)21-11-20-16/h7-8,10,12-13,15,18H,3-6,9,11H2,1-2H3. The lowest BCUT2D eigenvalue weighted by Crippen LogP contribution is -2.42. The highest BCUT2D eigenvalue weighted by Crippen LogP contribution is 2.32. The van der Waals surface area contributed by atoms with Crippen molar-refractivity contribution in [3.63, 3.8) is 0 Å². The summed E-state index contributed by atoms with van der Waals surface area (Å²) in [7, 11) is 0. The summed E-state index contributed by atoms with van der Waals surface area (Å²) in [5.41, 5.74) is 1.30. The van der Waals surface area contributed by atoms with Crippen LogP contribution in [-0.2, 0) is 11.2 Å². The molecule has 0 radical (unpaired) electrons. The second-order valence-electron chi connectivity index (χ2n) is 6.13. The minimum absolute atomic E-state index is 0.343. The molecule has 1 saturated heterocycles. The van der Waals surface area contributed by atoms with Gasteiger partial charge in [-0.3, -0.25) is 0 Å². The molecule has 0 saturated carbocycles. The Kier molecular flexibility index (Phi) is 4.66. The van der Waals surface area contributed by atoms with Gasteiger partial charge in [-0.2, -0.15) is 0 Å². The van der Waals surface area contributed by atoms with Gasteiger partial charge >= 0.3 is 0 Å². The number of benzene rings is 1. The average Bonchev–Trinajstić information content (AvgIpc) is 3.15. The lowest BCUT2D eigenvalue weighted by atomic mass is 10.0. The highest BCUT2D eigenvalue weighted by atomic mass is 16.7. The molecule has 0 bridgehead atoms. The smallest absolute Gasteiger partial charge is 0.231 e. The fraction of sp³-hybridized carbons (Fsp3) is 0.647. The first-order chi connectivity index (χ1) is 10.2. The van der Waals surface area contributed by atoms with E-state index in [0.29, 0.717) is 25.0 Å². The fourth-order valence-corrected chi connectivity index (χ4v) is 3.12. The van der Waals surface area contributed by atoms with E-state index in [1.54, 1.807) is 0 Å². The summed E-state index contributed by atoms with van der Waals surface area (Å²) >= 11 is 0. The molecule has 0 spiro atoms. The van der Waals surface area contributed by atoms with Crippen LogP contribution in [0.3, 0.4) is 0 Å². The Morgan fingerprint density at radius 1 is 1.24 bits per heavy atom. The van der Waals surface area contributed by atoms with Crippen molar-refractivity contribution >= 4 is 0 Å². The van der Waals surface area contributed by atoms with Crippen molar-refractivity contribution in [3.8, 4) is 11.5 Å². The van der Waals surface area contributed by atoms with Gasteiger partial charge in [0.1, 0.15) is 0 Å². The van der Waals surface area contributed by atoms with Gasteiger partial charge in [0.05, 0.1) is 6.10 Å². The third-order valence-corrected chi connectivity index (χ3v) is 4.37. The van der Waals surface area contributed by atoms with E-state index < -0.39 is 0 Å². The van der Waals surface area contributed by atoms with Crippen molar-refractivity contribution in [3.05, 3.63) is 23.8 Å². The summed E-state index contributed by atoms with van der Waals surface area (Å²) in [5, 5.41) is 3.66. The summed E-state index contributed by atoms with van der Waals surface area (Å²) < 4.78 is 16.5. The molecular formula is C17H25NO3. The molecule has 4 heteroatoms. The molecule has 2 aliphatic rings. The molecule has 1 fully saturated rings. The SMILES string of the molecule is CC(CCc1ccc2c(c1)OCO2)NC(C)C1CCCO1. The van der Waals surface area contributed by atoms with Crippen molar-refractivity contribution in [2.24, 2.45) is 0 Å². The Bertz CT molecular complexity index is 471. The van der Waals surface area contributed by atoms with Gasteiger partial charge in [0.2, 0.25) is 6.79 Å². The van der Waals surface area contributed by atoms with Crippen LogP contribution in [0.15, 0.2) is 18.2 Å². The third-order valence-electron chi connectivity index (χ3n) is 4.37. The maximum absolute atomic E-state index is 5.74. The predicted octanol–water partition coefficient (Wildman–Crippen LogP) is 2.89. The van der Waals surface area contributed by atoms with Crippen LogP contribution in [0, 0.1) is 0 Å². The summed E-state index contributed by atoms with van der Waals surface area (Å²) in [6.45, 7) is 5.74. The first kappa shape index (κ1) is 14.7. The maximum Gasteiger partial charge on any atom is 0.231 e. The van der Waals surface area contributed by atoms with E-state index in [2.05, 4.69) is 31.3 Å². The van der Waals surface area contributed by atoms with E-state index in [1.165, 1.54) is 18.4 Å². The first-order valence-electron chi connectivity index (χ1n) is 7.98. The van der Waals surface area contributed by atoms with Crippen molar-refractivity contribution in [1.29, 1.82) is 0 Å². The fourth-order valence-electron chi connectivity index (χ4n) is 3.12. The molecule has 1 aromatic carbocycles. The molecular weight excluding hydrogens is 266 g/mol. The zero-order valence-electron chi connectivity index (χ0n) is 12.9. The number of rotatable bonds is 6. The summed E-state index contributed by atoms with van der Waals surface area (Å²) in [6.07, 6.45) is 4.92. The highest BCUT2D eigenvalue weighted by molar-refractivity contribution is 5.44. The third kappa shape index (κ3) is 3.69. The minimum Gasteiger partial charge on any atom is -0.454 e. The van der Waals surface area contributed by atoms with Gasteiger partial charge in [0.15, 0.2) is 11.5 Å². The molecule has 21 heavy (non-hydrogen) atoms. The van der Waals surface area contributed by atoms with E-state index in [0.717, 1.165) is 30.9 Å². The zero-order chi connectivity index (χ0) is 14.7. The Morgan fingerprint density at radius 3 is 2.90 bits per heavy atom. The van der Waals surface area contributed by atoms with Crippen LogP contribution in [0.25, 0.3) is 0 Å². The summed E-state index contributed by atoms with van der Waals surface area (Å²) in [5.74, 6) is 1.73. The molecule has 0 amide bonds. The Balaban J connectivity index is 1.45. The Hall–Kier alpha value is -1.26. The second kappa shape index (κ2) is 6.67. The van der Waals surface area contributed by atoms with Crippen LogP contribution in [0.2, 0.25) is 0 Å². The van der Waals surface area contributed by atoms with Crippen molar-refractivity contribution in [1.82, 2.24) is 5.32 Å². The lowest BCUT2D eigenvalue weighted by Gasteiger charge is -2.24. The predicted molar refractivity (Wildman–Crippen MR) is 81.9 cm³/mol. The molecule has 0 aromatic heterocycles. The topological polar surface area (TPSA) is 39.7 Å². The number of fused-ring (bicyclic) bond motifs is 1. The molecule has 1 aromatic rings. The van der Waals surface area contributed by atoms with Gasteiger partial charge < -0.3 is 19.5 Å². The number of aryl methyl sites for hydroxylation is 1. The minimum atomic E-state index is 0.343. The van der Waals surface area contributed by atoms with Crippen LogP contribution in [-0.4, -0.2) is 31.6 Å².